The minimum Gasteiger partial charge on any atom is -0.267 e. The van der Waals surface area contributed by atoms with Gasteiger partial charge in [0.15, 0.2) is 5.65 Å². The van der Waals surface area contributed by atoms with Crippen LogP contribution in [0.15, 0.2) is 59.8 Å². The Morgan fingerprint density at radius 2 is 1.89 bits per heavy atom. The number of carbonyl (C=O) groups is 1. The normalized spacial score (nSPS) is 11.0. The van der Waals surface area contributed by atoms with Crippen molar-refractivity contribution in [2.75, 3.05) is 5.43 Å². The van der Waals surface area contributed by atoms with Gasteiger partial charge in [-0.1, -0.05) is 18.2 Å². The molecule has 0 aliphatic rings. The van der Waals surface area contributed by atoms with Gasteiger partial charge in [-0.3, -0.25) is 15.0 Å². The monoisotopic (exact) mass is 485 g/mol. The number of hydrogen-bond donors (Lipinski definition) is 1. The molecule has 0 fully saturated rings. The molecule has 0 saturated carbocycles. The van der Waals surface area contributed by atoms with Crippen LogP contribution >= 0.6 is 22.6 Å². The van der Waals surface area contributed by atoms with Gasteiger partial charge >= 0.3 is 0 Å². The van der Waals surface area contributed by atoms with Crippen LogP contribution in [0.25, 0.3) is 16.7 Å². The topological polar surface area (TPSA) is 81.8 Å². The van der Waals surface area contributed by atoms with Gasteiger partial charge in [-0.05, 0) is 71.8 Å². The first kappa shape index (κ1) is 18.4. The molecule has 0 unspecified atom stereocenters. The number of nitrogens with one attached hydrogen (secondary N) is 1. The first-order valence-corrected chi connectivity index (χ1v) is 9.62. The average molecular weight is 485 g/mol. The summed E-state index contributed by atoms with van der Waals surface area (Å²) in [6.45, 7) is 4.05. The van der Waals surface area contributed by atoms with E-state index in [2.05, 4.69) is 38.1 Å². The van der Waals surface area contributed by atoms with Crippen molar-refractivity contribution in [1.82, 2.24) is 19.4 Å². The standard InChI is InChI=1S/C20H16IN5O2/c1-12-7-8-14(9-13(12)2)26-18-16(10-23-26)20(28)25(11-22-18)24-19(27)15-5-3-4-6-17(15)21/h3-11H,1-2H3,(H,24,27). The summed E-state index contributed by atoms with van der Waals surface area (Å²) in [5.41, 5.74) is 6.25. The third-order valence-corrected chi connectivity index (χ3v) is 5.50. The van der Waals surface area contributed by atoms with Crippen molar-refractivity contribution < 1.29 is 4.79 Å². The van der Waals surface area contributed by atoms with Crippen LogP contribution in [0.4, 0.5) is 0 Å². The van der Waals surface area contributed by atoms with Crippen molar-refractivity contribution in [2.24, 2.45) is 0 Å². The van der Waals surface area contributed by atoms with Crippen molar-refractivity contribution in [3.05, 3.63) is 85.6 Å². The van der Waals surface area contributed by atoms with Gasteiger partial charge < -0.3 is 0 Å². The smallest absolute Gasteiger partial charge is 0.267 e. The Balaban J connectivity index is 1.73. The molecule has 1 amide bonds. The molecule has 0 aliphatic carbocycles. The van der Waals surface area contributed by atoms with E-state index in [0.717, 1.165) is 19.5 Å². The number of carbonyl (C=O) groups excluding carboxylic acids is 1. The summed E-state index contributed by atoms with van der Waals surface area (Å²) in [5, 5.41) is 4.64. The average Bonchev–Trinajstić information content (AvgIpc) is 3.11. The van der Waals surface area contributed by atoms with E-state index in [1.165, 1.54) is 18.1 Å². The van der Waals surface area contributed by atoms with E-state index in [-0.39, 0.29) is 11.5 Å². The van der Waals surface area contributed by atoms with E-state index in [1.807, 2.05) is 44.2 Å². The van der Waals surface area contributed by atoms with Crippen LogP contribution in [-0.2, 0) is 0 Å². The number of aryl methyl sites for hydroxylation is 2. The molecule has 0 aliphatic heterocycles. The molecule has 28 heavy (non-hydrogen) atoms. The quantitative estimate of drug-likeness (QED) is 0.452. The first-order valence-electron chi connectivity index (χ1n) is 8.54. The maximum absolute atomic E-state index is 12.8. The van der Waals surface area contributed by atoms with Crippen LogP contribution in [0.1, 0.15) is 21.5 Å². The molecular formula is C20H16IN5O2. The largest absolute Gasteiger partial charge is 0.283 e. The van der Waals surface area contributed by atoms with Gasteiger partial charge in [0.05, 0.1) is 17.4 Å². The second kappa shape index (κ2) is 7.19. The summed E-state index contributed by atoms with van der Waals surface area (Å²) >= 11 is 2.08. The molecule has 2 aromatic carbocycles. The van der Waals surface area contributed by atoms with E-state index in [4.69, 9.17) is 0 Å². The number of rotatable bonds is 3. The molecule has 0 atom stereocenters. The maximum atomic E-state index is 12.8. The van der Waals surface area contributed by atoms with Crippen molar-refractivity contribution in [2.45, 2.75) is 13.8 Å². The molecule has 4 rings (SSSR count). The Hall–Kier alpha value is -3.01. The summed E-state index contributed by atoms with van der Waals surface area (Å²) < 4.78 is 3.50. The summed E-state index contributed by atoms with van der Waals surface area (Å²) in [6, 6.07) is 13.1. The molecule has 0 radical (unpaired) electrons. The number of hydrogen-bond acceptors (Lipinski definition) is 4. The number of aromatic nitrogens is 4. The predicted octanol–water partition coefficient (Wildman–Crippen LogP) is 3.19. The molecule has 1 N–H and O–H groups in total. The third-order valence-electron chi connectivity index (χ3n) is 4.56. The van der Waals surface area contributed by atoms with Crippen LogP contribution in [0, 0.1) is 17.4 Å². The number of halogens is 1. The minimum atomic E-state index is -0.389. The lowest BCUT2D eigenvalue weighted by Gasteiger charge is -2.09. The fourth-order valence-electron chi connectivity index (χ4n) is 2.85. The van der Waals surface area contributed by atoms with E-state index in [1.54, 1.807) is 16.8 Å². The maximum Gasteiger partial charge on any atom is 0.283 e. The second-order valence-electron chi connectivity index (χ2n) is 6.40. The molecule has 0 saturated heterocycles. The number of fused-ring (bicyclic) bond motifs is 1. The zero-order chi connectivity index (χ0) is 19.8. The second-order valence-corrected chi connectivity index (χ2v) is 7.56. The highest BCUT2D eigenvalue weighted by Gasteiger charge is 2.15. The van der Waals surface area contributed by atoms with Crippen LogP contribution in [0.3, 0.4) is 0 Å². The Labute approximate surface area is 174 Å². The highest BCUT2D eigenvalue weighted by molar-refractivity contribution is 14.1. The van der Waals surface area contributed by atoms with Gasteiger partial charge in [0, 0.05) is 3.57 Å². The van der Waals surface area contributed by atoms with Gasteiger partial charge in [-0.15, -0.1) is 0 Å². The lowest BCUT2D eigenvalue weighted by atomic mass is 10.1. The number of amides is 1. The lowest BCUT2D eigenvalue weighted by Crippen LogP contribution is -2.33. The van der Waals surface area contributed by atoms with E-state index < -0.39 is 0 Å². The SMILES string of the molecule is Cc1ccc(-n2ncc3c(=O)n(NC(=O)c4ccccc4I)cnc32)cc1C. The van der Waals surface area contributed by atoms with Crippen molar-refractivity contribution in [3.63, 3.8) is 0 Å². The van der Waals surface area contributed by atoms with Crippen molar-refractivity contribution in [1.29, 1.82) is 0 Å². The van der Waals surface area contributed by atoms with Crippen LogP contribution in [0.5, 0.6) is 0 Å². The fraction of sp³-hybridized carbons (Fsp3) is 0.100. The summed E-state index contributed by atoms with van der Waals surface area (Å²) in [6.07, 6.45) is 2.77. The fourth-order valence-corrected chi connectivity index (χ4v) is 3.48. The molecule has 7 nitrogen and oxygen atoms in total. The predicted molar refractivity (Wildman–Crippen MR) is 115 cm³/mol. The van der Waals surface area contributed by atoms with Gasteiger partial charge in [0.2, 0.25) is 0 Å². The molecule has 8 heteroatoms. The number of nitrogens with zero attached hydrogens (tertiary/aromatic N) is 4. The molecule has 4 aromatic rings. The van der Waals surface area contributed by atoms with E-state index in [9.17, 15) is 9.59 Å². The van der Waals surface area contributed by atoms with Gasteiger partial charge in [0.1, 0.15) is 11.7 Å². The van der Waals surface area contributed by atoms with Crippen LogP contribution in [0.2, 0.25) is 0 Å². The van der Waals surface area contributed by atoms with Crippen molar-refractivity contribution in [3.8, 4) is 5.69 Å². The Bertz CT molecular complexity index is 1280. The van der Waals surface area contributed by atoms with Gasteiger partial charge in [-0.25, -0.2) is 14.3 Å². The minimum absolute atomic E-state index is 0.323. The molecular weight excluding hydrogens is 469 g/mol. The highest BCUT2D eigenvalue weighted by Crippen LogP contribution is 2.17. The first-order chi connectivity index (χ1) is 13.5. The van der Waals surface area contributed by atoms with E-state index >= 15 is 0 Å². The summed E-state index contributed by atoms with van der Waals surface area (Å²) in [7, 11) is 0. The zero-order valence-corrected chi connectivity index (χ0v) is 17.3. The highest BCUT2D eigenvalue weighted by atomic mass is 127. The Morgan fingerprint density at radius 3 is 2.64 bits per heavy atom. The molecule has 0 bridgehead atoms. The van der Waals surface area contributed by atoms with Gasteiger partial charge in [0.25, 0.3) is 11.5 Å². The van der Waals surface area contributed by atoms with Crippen LogP contribution in [-0.4, -0.2) is 25.3 Å². The lowest BCUT2D eigenvalue weighted by molar-refractivity contribution is 0.101. The summed E-state index contributed by atoms with van der Waals surface area (Å²) in [4.78, 5) is 29.6. The number of benzene rings is 2. The molecule has 140 valence electrons. The zero-order valence-electron chi connectivity index (χ0n) is 15.2. The molecule has 2 aromatic heterocycles. The van der Waals surface area contributed by atoms with Crippen molar-refractivity contribution >= 4 is 39.5 Å². The van der Waals surface area contributed by atoms with E-state index in [0.29, 0.717) is 16.6 Å². The van der Waals surface area contributed by atoms with Crippen LogP contribution < -0.4 is 11.0 Å². The third kappa shape index (κ3) is 3.19. The Morgan fingerprint density at radius 1 is 1.11 bits per heavy atom. The molecule has 2 heterocycles. The van der Waals surface area contributed by atoms with Gasteiger partial charge in [-0.2, -0.15) is 5.10 Å². The summed E-state index contributed by atoms with van der Waals surface area (Å²) in [5.74, 6) is -0.380. The molecule has 0 spiro atoms. The Kier molecular flexibility index (Phi) is 4.71.